The van der Waals surface area contributed by atoms with Gasteiger partial charge in [0.1, 0.15) is 0 Å². The Balaban J connectivity index is 1.89. The van der Waals surface area contributed by atoms with Crippen molar-refractivity contribution in [2.24, 2.45) is 0 Å². The molecule has 0 spiro atoms. The summed E-state index contributed by atoms with van der Waals surface area (Å²) in [5.41, 5.74) is 1.74. The number of methoxy groups -OCH3 is 1. The van der Waals surface area contributed by atoms with Gasteiger partial charge in [0.25, 0.3) is 11.7 Å². The molecule has 0 N–H and O–H groups in total. The molecule has 3 rings (SSSR count). The van der Waals surface area contributed by atoms with E-state index in [1.807, 2.05) is 37.4 Å². The van der Waals surface area contributed by atoms with Gasteiger partial charge < -0.3 is 9.64 Å². The quantitative estimate of drug-likeness (QED) is 0.684. The molecule has 0 radical (unpaired) electrons. The van der Waals surface area contributed by atoms with Crippen molar-refractivity contribution in [1.29, 1.82) is 0 Å². The molecule has 0 saturated heterocycles. The van der Waals surface area contributed by atoms with Crippen LogP contribution < -0.4 is 0 Å². The Labute approximate surface area is 143 Å². The normalized spacial score (nSPS) is 11.1. The van der Waals surface area contributed by atoms with Crippen molar-refractivity contribution >= 4 is 23.0 Å². The summed E-state index contributed by atoms with van der Waals surface area (Å²) in [6.07, 6.45) is 0. The SMILES string of the molecule is COCCN(Cc1cccs1)C(=O)c1nc2nc(C)cc(C)n2n1. The maximum absolute atomic E-state index is 12.9. The van der Waals surface area contributed by atoms with E-state index >= 15 is 0 Å². The van der Waals surface area contributed by atoms with Crippen molar-refractivity contribution in [3.05, 3.63) is 45.7 Å². The fourth-order valence-electron chi connectivity index (χ4n) is 2.44. The van der Waals surface area contributed by atoms with E-state index < -0.39 is 0 Å². The van der Waals surface area contributed by atoms with Crippen molar-refractivity contribution in [1.82, 2.24) is 24.5 Å². The predicted molar refractivity (Wildman–Crippen MR) is 91.2 cm³/mol. The molecule has 0 bridgehead atoms. The van der Waals surface area contributed by atoms with Gasteiger partial charge in [-0.25, -0.2) is 9.50 Å². The van der Waals surface area contributed by atoms with Crippen LogP contribution in [0.15, 0.2) is 23.6 Å². The van der Waals surface area contributed by atoms with Crippen LogP contribution in [0.3, 0.4) is 0 Å². The zero-order chi connectivity index (χ0) is 17.1. The Bertz CT molecular complexity index is 844. The number of carbonyl (C=O) groups excluding carboxylic acids is 1. The van der Waals surface area contributed by atoms with E-state index in [1.54, 1.807) is 27.9 Å². The summed E-state index contributed by atoms with van der Waals surface area (Å²) in [4.78, 5) is 24.3. The molecule has 0 aliphatic heterocycles. The number of ether oxygens (including phenoxy) is 1. The third-order valence-corrected chi connectivity index (χ3v) is 4.45. The second-order valence-corrected chi connectivity index (χ2v) is 6.52. The van der Waals surface area contributed by atoms with Crippen LogP contribution in [0.25, 0.3) is 5.78 Å². The lowest BCUT2D eigenvalue weighted by Gasteiger charge is -2.20. The van der Waals surface area contributed by atoms with Crippen molar-refractivity contribution in [2.75, 3.05) is 20.3 Å². The highest BCUT2D eigenvalue weighted by Crippen LogP contribution is 2.14. The van der Waals surface area contributed by atoms with Gasteiger partial charge in [0.15, 0.2) is 0 Å². The van der Waals surface area contributed by atoms with Crippen LogP contribution in [0, 0.1) is 13.8 Å². The zero-order valence-corrected chi connectivity index (χ0v) is 14.7. The second kappa shape index (κ2) is 7.06. The number of rotatable bonds is 6. The van der Waals surface area contributed by atoms with Gasteiger partial charge in [0, 0.05) is 29.9 Å². The first kappa shape index (κ1) is 16.5. The topological polar surface area (TPSA) is 72.6 Å². The van der Waals surface area contributed by atoms with Gasteiger partial charge in [-0.15, -0.1) is 16.4 Å². The lowest BCUT2D eigenvalue weighted by atomic mass is 10.3. The lowest BCUT2D eigenvalue weighted by Crippen LogP contribution is -2.34. The minimum absolute atomic E-state index is 0.156. The minimum atomic E-state index is -0.219. The van der Waals surface area contributed by atoms with Crippen LogP contribution in [0.5, 0.6) is 0 Å². The Morgan fingerprint density at radius 3 is 2.92 bits per heavy atom. The third-order valence-electron chi connectivity index (χ3n) is 3.59. The number of carbonyl (C=O) groups is 1. The third kappa shape index (κ3) is 3.44. The maximum atomic E-state index is 12.9. The molecule has 0 atom stereocenters. The molecule has 126 valence electrons. The molecule has 1 amide bonds. The summed E-state index contributed by atoms with van der Waals surface area (Å²) in [6, 6.07) is 5.88. The molecule has 3 aromatic rings. The molecule has 3 heterocycles. The van der Waals surface area contributed by atoms with E-state index in [9.17, 15) is 4.79 Å². The number of hydrogen-bond acceptors (Lipinski definition) is 6. The Hall–Kier alpha value is -2.32. The molecule has 0 aromatic carbocycles. The summed E-state index contributed by atoms with van der Waals surface area (Å²) >= 11 is 1.61. The molecular weight excluding hydrogens is 326 g/mol. The molecule has 24 heavy (non-hydrogen) atoms. The van der Waals surface area contributed by atoms with E-state index in [2.05, 4.69) is 15.1 Å². The highest BCUT2D eigenvalue weighted by Gasteiger charge is 2.22. The van der Waals surface area contributed by atoms with E-state index in [-0.39, 0.29) is 11.7 Å². The van der Waals surface area contributed by atoms with Gasteiger partial charge in [-0.2, -0.15) is 4.98 Å². The first-order valence-corrected chi connectivity index (χ1v) is 8.48. The molecule has 0 unspecified atom stereocenters. The number of aryl methyl sites for hydroxylation is 2. The van der Waals surface area contributed by atoms with Crippen LogP contribution in [-0.2, 0) is 11.3 Å². The molecule has 3 aromatic heterocycles. The van der Waals surface area contributed by atoms with Crippen molar-refractivity contribution in [2.45, 2.75) is 20.4 Å². The summed E-state index contributed by atoms with van der Waals surface area (Å²) in [5, 5.41) is 6.32. The summed E-state index contributed by atoms with van der Waals surface area (Å²) in [6.45, 7) is 5.26. The Kier molecular flexibility index (Phi) is 4.86. The molecule has 8 heteroatoms. The Morgan fingerprint density at radius 2 is 2.21 bits per heavy atom. The number of amides is 1. The van der Waals surface area contributed by atoms with Crippen LogP contribution in [-0.4, -0.2) is 50.7 Å². The molecular formula is C16H19N5O2S. The van der Waals surface area contributed by atoms with E-state index in [4.69, 9.17) is 4.74 Å². The Morgan fingerprint density at radius 1 is 1.38 bits per heavy atom. The van der Waals surface area contributed by atoms with Gasteiger partial charge in [-0.3, -0.25) is 4.79 Å². The van der Waals surface area contributed by atoms with Crippen molar-refractivity contribution in [3.63, 3.8) is 0 Å². The number of fused-ring (bicyclic) bond motifs is 1. The van der Waals surface area contributed by atoms with Gasteiger partial charge >= 0.3 is 0 Å². The van der Waals surface area contributed by atoms with Gasteiger partial charge in [0.2, 0.25) is 5.82 Å². The summed E-state index contributed by atoms with van der Waals surface area (Å²) in [5.74, 6) is 0.380. The van der Waals surface area contributed by atoms with Crippen LogP contribution in [0.2, 0.25) is 0 Å². The largest absolute Gasteiger partial charge is 0.383 e. The monoisotopic (exact) mass is 345 g/mol. The van der Waals surface area contributed by atoms with Gasteiger partial charge in [0.05, 0.1) is 13.2 Å². The summed E-state index contributed by atoms with van der Waals surface area (Å²) in [7, 11) is 1.62. The highest BCUT2D eigenvalue weighted by molar-refractivity contribution is 7.09. The second-order valence-electron chi connectivity index (χ2n) is 5.48. The number of thiophene rings is 1. The molecule has 0 saturated carbocycles. The lowest BCUT2D eigenvalue weighted by molar-refractivity contribution is 0.0670. The average molecular weight is 345 g/mol. The van der Waals surface area contributed by atoms with Gasteiger partial charge in [-0.05, 0) is 31.4 Å². The first-order valence-electron chi connectivity index (χ1n) is 7.60. The standard InChI is InChI=1S/C16H19N5O2S/c1-11-9-12(2)21-16(17-11)18-14(19-21)15(22)20(6-7-23-3)10-13-5-4-8-24-13/h4-5,8-9H,6-7,10H2,1-3H3. The smallest absolute Gasteiger partial charge is 0.294 e. The summed E-state index contributed by atoms with van der Waals surface area (Å²) < 4.78 is 6.72. The van der Waals surface area contributed by atoms with Crippen LogP contribution in [0.4, 0.5) is 0 Å². The van der Waals surface area contributed by atoms with E-state index in [0.29, 0.717) is 25.5 Å². The van der Waals surface area contributed by atoms with Crippen molar-refractivity contribution < 1.29 is 9.53 Å². The highest BCUT2D eigenvalue weighted by atomic mass is 32.1. The minimum Gasteiger partial charge on any atom is -0.383 e. The number of aromatic nitrogens is 4. The molecule has 0 fully saturated rings. The predicted octanol–water partition coefficient (Wildman–Crippen LogP) is 2.09. The van der Waals surface area contributed by atoms with Crippen molar-refractivity contribution in [3.8, 4) is 0 Å². The maximum Gasteiger partial charge on any atom is 0.294 e. The molecule has 7 nitrogen and oxygen atoms in total. The molecule has 0 aliphatic rings. The van der Waals surface area contributed by atoms with Gasteiger partial charge in [-0.1, -0.05) is 6.07 Å². The zero-order valence-electron chi connectivity index (χ0n) is 13.9. The number of hydrogen-bond donors (Lipinski definition) is 0. The molecule has 0 aliphatic carbocycles. The fourth-order valence-corrected chi connectivity index (χ4v) is 3.16. The number of nitrogens with zero attached hydrogens (tertiary/aromatic N) is 5. The van der Waals surface area contributed by atoms with E-state index in [0.717, 1.165) is 16.3 Å². The van der Waals surface area contributed by atoms with Crippen LogP contribution in [0.1, 0.15) is 26.9 Å². The van der Waals surface area contributed by atoms with Crippen LogP contribution >= 0.6 is 11.3 Å². The van der Waals surface area contributed by atoms with E-state index in [1.165, 1.54) is 0 Å². The first-order chi connectivity index (χ1) is 11.6. The fraction of sp³-hybridized carbons (Fsp3) is 0.375. The average Bonchev–Trinajstić information content (AvgIpc) is 3.20.